The van der Waals surface area contributed by atoms with Crippen LogP contribution in [-0.4, -0.2) is 30.3 Å². The minimum absolute atomic E-state index is 0.0136. The lowest BCUT2D eigenvalue weighted by Crippen LogP contribution is -2.26. The third-order valence-electron chi connectivity index (χ3n) is 2.38. The van der Waals surface area contributed by atoms with E-state index in [4.69, 9.17) is 9.84 Å². The maximum Gasteiger partial charge on any atom is 0.323 e. The van der Waals surface area contributed by atoms with E-state index in [1.165, 1.54) is 0 Å². The third-order valence-corrected chi connectivity index (χ3v) is 2.38. The van der Waals surface area contributed by atoms with Crippen molar-refractivity contribution in [2.75, 3.05) is 18.5 Å². The van der Waals surface area contributed by atoms with Crippen molar-refractivity contribution in [1.29, 1.82) is 0 Å². The summed E-state index contributed by atoms with van der Waals surface area (Å²) >= 11 is 0. The Labute approximate surface area is 108 Å². The van der Waals surface area contributed by atoms with E-state index in [2.05, 4.69) is 0 Å². The minimum atomic E-state index is -0.841. The molecular weight excluding hydrogens is 230 g/mol. The van der Waals surface area contributed by atoms with Crippen molar-refractivity contribution in [3.63, 3.8) is 0 Å². The van der Waals surface area contributed by atoms with Gasteiger partial charge in [0.15, 0.2) is 0 Å². The third kappa shape index (κ3) is 4.28. The molecule has 18 heavy (non-hydrogen) atoms. The van der Waals surface area contributed by atoms with Crippen LogP contribution in [0.25, 0.3) is 0 Å². The van der Waals surface area contributed by atoms with Crippen molar-refractivity contribution in [2.24, 2.45) is 0 Å². The Balaban J connectivity index is 2.89. The molecule has 0 aliphatic rings. The Hall–Kier alpha value is -1.71. The van der Waals surface area contributed by atoms with Crippen molar-refractivity contribution in [3.05, 3.63) is 23.8 Å². The predicted molar refractivity (Wildman–Crippen MR) is 72.5 cm³/mol. The number of carbonyl (C=O) groups is 1. The highest BCUT2D eigenvalue weighted by Gasteiger charge is 2.14. The van der Waals surface area contributed by atoms with Crippen LogP contribution in [-0.2, 0) is 4.79 Å². The molecule has 0 radical (unpaired) electrons. The Morgan fingerprint density at radius 3 is 2.44 bits per heavy atom. The van der Waals surface area contributed by atoms with Crippen LogP contribution in [0.1, 0.15) is 26.3 Å². The molecule has 0 aliphatic heterocycles. The molecule has 0 amide bonds. The quantitative estimate of drug-likeness (QED) is 0.894. The highest BCUT2D eigenvalue weighted by Crippen LogP contribution is 2.26. The number of anilines is 1. The molecule has 1 aromatic rings. The summed E-state index contributed by atoms with van der Waals surface area (Å²) in [6, 6.07) is 5.68. The second-order valence-electron chi connectivity index (χ2n) is 5.41. The summed E-state index contributed by atoms with van der Waals surface area (Å²) in [4.78, 5) is 12.4. The molecule has 0 aromatic heterocycles. The SMILES string of the molecule is Cc1cc(OC(C)(C)C)ccc1N(C)CC(=O)O. The molecule has 1 N–H and O–H groups in total. The van der Waals surface area contributed by atoms with Crippen LogP contribution >= 0.6 is 0 Å². The van der Waals surface area contributed by atoms with Crippen LogP contribution in [0, 0.1) is 6.92 Å². The Kier molecular flexibility index (Phi) is 4.22. The summed E-state index contributed by atoms with van der Waals surface area (Å²) < 4.78 is 5.76. The lowest BCUT2D eigenvalue weighted by atomic mass is 10.1. The first-order valence-corrected chi connectivity index (χ1v) is 5.91. The molecule has 100 valence electrons. The zero-order chi connectivity index (χ0) is 13.9. The van der Waals surface area contributed by atoms with Crippen LogP contribution in [0.5, 0.6) is 5.75 Å². The summed E-state index contributed by atoms with van der Waals surface area (Å²) in [6.07, 6.45) is 0. The van der Waals surface area contributed by atoms with Crippen molar-refractivity contribution >= 4 is 11.7 Å². The number of benzene rings is 1. The number of hydrogen-bond donors (Lipinski definition) is 1. The largest absolute Gasteiger partial charge is 0.488 e. The summed E-state index contributed by atoms with van der Waals surface area (Å²) in [7, 11) is 1.76. The Morgan fingerprint density at radius 2 is 2.00 bits per heavy atom. The molecule has 0 fully saturated rings. The molecule has 0 unspecified atom stereocenters. The molecular formula is C14H21NO3. The van der Waals surface area contributed by atoms with E-state index >= 15 is 0 Å². The topological polar surface area (TPSA) is 49.8 Å². The van der Waals surface area contributed by atoms with E-state index in [1.54, 1.807) is 11.9 Å². The van der Waals surface area contributed by atoms with Gasteiger partial charge in [0.2, 0.25) is 0 Å². The van der Waals surface area contributed by atoms with E-state index in [0.717, 1.165) is 17.0 Å². The van der Waals surface area contributed by atoms with Crippen molar-refractivity contribution < 1.29 is 14.6 Å². The summed E-state index contributed by atoms with van der Waals surface area (Å²) in [5, 5.41) is 8.78. The molecule has 0 saturated heterocycles. The normalized spacial score (nSPS) is 11.2. The van der Waals surface area contributed by atoms with Gasteiger partial charge in [0.25, 0.3) is 0 Å². The number of ether oxygens (including phenoxy) is 1. The summed E-state index contributed by atoms with van der Waals surface area (Å²) in [6.45, 7) is 7.91. The zero-order valence-corrected chi connectivity index (χ0v) is 11.7. The number of carboxylic acids is 1. The van der Waals surface area contributed by atoms with Gasteiger partial charge in [-0.2, -0.15) is 0 Å². The maximum absolute atomic E-state index is 10.7. The van der Waals surface area contributed by atoms with Crippen LogP contribution in [0.3, 0.4) is 0 Å². The summed E-state index contributed by atoms with van der Waals surface area (Å²) in [5.41, 5.74) is 1.67. The lowest BCUT2D eigenvalue weighted by Gasteiger charge is -2.24. The average molecular weight is 251 g/mol. The van der Waals surface area contributed by atoms with Gasteiger partial charge in [-0.25, -0.2) is 0 Å². The second-order valence-corrected chi connectivity index (χ2v) is 5.41. The van der Waals surface area contributed by atoms with Gasteiger partial charge in [-0.05, 0) is 51.5 Å². The van der Waals surface area contributed by atoms with Gasteiger partial charge in [-0.3, -0.25) is 4.79 Å². The van der Waals surface area contributed by atoms with Crippen molar-refractivity contribution in [2.45, 2.75) is 33.3 Å². The van der Waals surface area contributed by atoms with E-state index in [0.29, 0.717) is 0 Å². The van der Waals surface area contributed by atoms with E-state index in [9.17, 15) is 4.79 Å². The minimum Gasteiger partial charge on any atom is -0.488 e. The number of rotatable bonds is 4. The molecule has 0 saturated carbocycles. The van der Waals surface area contributed by atoms with Crippen LogP contribution in [0.15, 0.2) is 18.2 Å². The van der Waals surface area contributed by atoms with Crippen LogP contribution in [0.4, 0.5) is 5.69 Å². The number of aliphatic carboxylic acids is 1. The fourth-order valence-corrected chi connectivity index (χ4v) is 1.76. The second kappa shape index (κ2) is 5.29. The molecule has 0 aliphatic carbocycles. The van der Waals surface area contributed by atoms with E-state index < -0.39 is 5.97 Å². The van der Waals surface area contributed by atoms with Gasteiger partial charge in [0, 0.05) is 12.7 Å². The van der Waals surface area contributed by atoms with Gasteiger partial charge in [0.05, 0.1) is 0 Å². The fraction of sp³-hybridized carbons (Fsp3) is 0.500. The Morgan fingerprint density at radius 1 is 1.39 bits per heavy atom. The van der Waals surface area contributed by atoms with Gasteiger partial charge < -0.3 is 14.7 Å². The first-order valence-electron chi connectivity index (χ1n) is 5.91. The molecule has 0 bridgehead atoms. The van der Waals surface area contributed by atoms with Crippen LogP contribution < -0.4 is 9.64 Å². The highest BCUT2D eigenvalue weighted by molar-refractivity contribution is 5.74. The maximum atomic E-state index is 10.7. The fourth-order valence-electron chi connectivity index (χ4n) is 1.76. The number of hydrogen-bond acceptors (Lipinski definition) is 3. The predicted octanol–water partition coefficient (Wildman–Crippen LogP) is 2.69. The van der Waals surface area contributed by atoms with Gasteiger partial charge in [-0.1, -0.05) is 0 Å². The summed E-state index contributed by atoms with van der Waals surface area (Å²) in [5.74, 6) is -0.0422. The molecule has 4 heteroatoms. The van der Waals surface area contributed by atoms with Crippen molar-refractivity contribution in [3.8, 4) is 5.75 Å². The van der Waals surface area contributed by atoms with E-state index in [-0.39, 0.29) is 12.1 Å². The molecule has 0 spiro atoms. The number of nitrogens with zero attached hydrogens (tertiary/aromatic N) is 1. The number of carboxylic acid groups (broad SMARTS) is 1. The molecule has 1 rings (SSSR count). The smallest absolute Gasteiger partial charge is 0.323 e. The van der Waals surface area contributed by atoms with Gasteiger partial charge in [0.1, 0.15) is 17.9 Å². The van der Waals surface area contributed by atoms with Gasteiger partial charge in [-0.15, -0.1) is 0 Å². The number of aryl methyl sites for hydroxylation is 1. The first-order chi connectivity index (χ1) is 8.19. The average Bonchev–Trinajstić information content (AvgIpc) is 2.13. The highest BCUT2D eigenvalue weighted by atomic mass is 16.5. The molecule has 1 aromatic carbocycles. The first kappa shape index (κ1) is 14.4. The number of likely N-dealkylation sites (N-methyl/N-ethyl adjacent to an activating group) is 1. The molecule has 4 nitrogen and oxygen atoms in total. The molecule has 0 heterocycles. The Bertz CT molecular complexity index is 435. The van der Waals surface area contributed by atoms with Crippen molar-refractivity contribution in [1.82, 2.24) is 0 Å². The zero-order valence-electron chi connectivity index (χ0n) is 11.7. The standard InChI is InChI=1S/C14H21NO3/c1-10-8-11(18-14(2,3)4)6-7-12(10)15(5)9-13(16)17/h6-8H,9H2,1-5H3,(H,16,17). The van der Waals surface area contributed by atoms with Gasteiger partial charge >= 0.3 is 5.97 Å². The lowest BCUT2D eigenvalue weighted by molar-refractivity contribution is -0.135. The van der Waals surface area contributed by atoms with E-state index in [1.807, 2.05) is 45.9 Å². The molecule has 0 atom stereocenters. The monoisotopic (exact) mass is 251 g/mol. The van der Waals surface area contributed by atoms with Crippen LogP contribution in [0.2, 0.25) is 0 Å².